The Hall–Kier alpha value is -0.610. The normalized spacial score (nSPS) is 22.0. The summed E-state index contributed by atoms with van der Waals surface area (Å²) in [6.07, 6.45) is 3.06. The summed E-state index contributed by atoms with van der Waals surface area (Å²) < 4.78 is 0. The first-order valence-electron chi connectivity index (χ1n) is 7.67. The number of hydrogen-bond acceptors (Lipinski definition) is 3. The number of nitrogens with one attached hydrogen (secondary N) is 1. The molecule has 1 aromatic rings. The first-order chi connectivity index (χ1) is 9.81. The maximum atomic E-state index is 10.6. The van der Waals surface area contributed by atoms with Crippen LogP contribution in [-0.4, -0.2) is 28.9 Å². The summed E-state index contributed by atoms with van der Waals surface area (Å²) in [6.45, 7) is 5.42. The predicted octanol–water partition coefficient (Wildman–Crippen LogP) is 3.29. The van der Waals surface area contributed by atoms with Crippen LogP contribution in [0, 0.1) is 5.41 Å². The standard InChI is InChI=1S/C17H26ClNO2/c1-16(2)7-9-17(21,10-8-16)12-19-11-15(20)13-5-3-4-6-14(13)18/h3-6,15,19-21H,7-12H2,1-2H3. The molecule has 4 heteroatoms. The van der Waals surface area contributed by atoms with Gasteiger partial charge in [0, 0.05) is 23.7 Å². The Morgan fingerprint density at radius 3 is 2.43 bits per heavy atom. The minimum Gasteiger partial charge on any atom is -0.389 e. The van der Waals surface area contributed by atoms with Crippen LogP contribution in [0.5, 0.6) is 0 Å². The number of rotatable bonds is 5. The monoisotopic (exact) mass is 311 g/mol. The highest BCUT2D eigenvalue weighted by atomic mass is 35.5. The van der Waals surface area contributed by atoms with E-state index in [1.165, 1.54) is 0 Å². The van der Waals surface area contributed by atoms with Gasteiger partial charge in [0.1, 0.15) is 0 Å². The molecule has 2 rings (SSSR count). The van der Waals surface area contributed by atoms with Gasteiger partial charge >= 0.3 is 0 Å². The summed E-state index contributed by atoms with van der Waals surface area (Å²) in [6, 6.07) is 7.31. The molecule has 0 amide bonds. The largest absolute Gasteiger partial charge is 0.389 e. The summed E-state index contributed by atoms with van der Waals surface area (Å²) in [4.78, 5) is 0. The predicted molar refractivity (Wildman–Crippen MR) is 86.5 cm³/mol. The maximum absolute atomic E-state index is 10.6. The lowest BCUT2D eigenvalue weighted by Gasteiger charge is -2.40. The van der Waals surface area contributed by atoms with E-state index in [0.717, 1.165) is 31.2 Å². The summed E-state index contributed by atoms with van der Waals surface area (Å²) in [5, 5.41) is 24.5. The van der Waals surface area contributed by atoms with Crippen LogP contribution in [0.25, 0.3) is 0 Å². The summed E-state index contributed by atoms with van der Waals surface area (Å²) in [7, 11) is 0. The van der Waals surface area contributed by atoms with Crippen molar-refractivity contribution in [3.63, 3.8) is 0 Å². The molecule has 118 valence electrons. The second-order valence-corrected chi connectivity index (χ2v) is 7.46. The molecular weight excluding hydrogens is 286 g/mol. The van der Waals surface area contributed by atoms with Gasteiger partial charge in [-0.2, -0.15) is 0 Å². The Morgan fingerprint density at radius 2 is 1.81 bits per heavy atom. The van der Waals surface area contributed by atoms with E-state index in [9.17, 15) is 10.2 Å². The van der Waals surface area contributed by atoms with Crippen LogP contribution >= 0.6 is 11.6 Å². The van der Waals surface area contributed by atoms with Gasteiger partial charge in [0.05, 0.1) is 11.7 Å². The van der Waals surface area contributed by atoms with Crippen LogP contribution in [-0.2, 0) is 0 Å². The lowest BCUT2D eigenvalue weighted by molar-refractivity contribution is -0.0258. The molecule has 1 fully saturated rings. The third kappa shape index (κ3) is 4.68. The first kappa shape index (κ1) is 16.8. The van der Waals surface area contributed by atoms with Crippen molar-refractivity contribution in [2.75, 3.05) is 13.1 Å². The number of benzene rings is 1. The molecule has 1 saturated carbocycles. The second-order valence-electron chi connectivity index (χ2n) is 7.06. The van der Waals surface area contributed by atoms with Crippen LogP contribution in [0.3, 0.4) is 0 Å². The van der Waals surface area contributed by atoms with E-state index in [0.29, 0.717) is 23.5 Å². The van der Waals surface area contributed by atoms with Crippen LogP contribution in [0.15, 0.2) is 24.3 Å². The highest BCUT2D eigenvalue weighted by molar-refractivity contribution is 6.31. The van der Waals surface area contributed by atoms with Crippen molar-refractivity contribution < 1.29 is 10.2 Å². The van der Waals surface area contributed by atoms with E-state index in [1.54, 1.807) is 6.07 Å². The van der Waals surface area contributed by atoms with Crippen molar-refractivity contribution in [1.29, 1.82) is 0 Å². The molecule has 0 bridgehead atoms. The fourth-order valence-corrected chi connectivity index (χ4v) is 3.13. The van der Waals surface area contributed by atoms with Gasteiger partial charge < -0.3 is 15.5 Å². The van der Waals surface area contributed by atoms with Gasteiger partial charge in [0.15, 0.2) is 0 Å². The fourth-order valence-electron chi connectivity index (χ4n) is 2.87. The topological polar surface area (TPSA) is 52.5 Å². The van der Waals surface area contributed by atoms with Crippen molar-refractivity contribution in [1.82, 2.24) is 5.32 Å². The average Bonchev–Trinajstić information content (AvgIpc) is 2.43. The van der Waals surface area contributed by atoms with Crippen LogP contribution in [0.4, 0.5) is 0 Å². The third-order valence-corrected chi connectivity index (χ3v) is 4.93. The molecule has 1 aliphatic rings. The molecule has 0 spiro atoms. The van der Waals surface area contributed by atoms with Gasteiger partial charge in [-0.1, -0.05) is 43.6 Å². The van der Waals surface area contributed by atoms with Crippen LogP contribution in [0.2, 0.25) is 5.02 Å². The van der Waals surface area contributed by atoms with Gasteiger partial charge in [-0.15, -0.1) is 0 Å². The summed E-state index contributed by atoms with van der Waals surface area (Å²) >= 11 is 6.07. The zero-order valence-electron chi connectivity index (χ0n) is 12.9. The van der Waals surface area contributed by atoms with Crippen molar-refractivity contribution >= 4 is 11.6 Å². The Labute approximate surface area is 132 Å². The SMILES string of the molecule is CC1(C)CCC(O)(CNCC(O)c2ccccc2Cl)CC1. The second kappa shape index (κ2) is 6.66. The van der Waals surface area contributed by atoms with Gasteiger partial charge in [-0.05, 0) is 37.2 Å². The minimum absolute atomic E-state index is 0.337. The molecular formula is C17H26ClNO2. The summed E-state index contributed by atoms with van der Waals surface area (Å²) in [5.74, 6) is 0. The van der Waals surface area contributed by atoms with E-state index in [4.69, 9.17) is 11.6 Å². The third-order valence-electron chi connectivity index (χ3n) is 4.59. The van der Waals surface area contributed by atoms with E-state index < -0.39 is 11.7 Å². The molecule has 1 unspecified atom stereocenters. The zero-order valence-corrected chi connectivity index (χ0v) is 13.7. The summed E-state index contributed by atoms with van der Waals surface area (Å²) in [5.41, 5.74) is 0.419. The molecule has 0 aromatic heterocycles. The molecule has 3 nitrogen and oxygen atoms in total. The average molecular weight is 312 g/mol. The Morgan fingerprint density at radius 1 is 1.19 bits per heavy atom. The Bertz CT molecular complexity index is 466. The lowest BCUT2D eigenvalue weighted by atomic mass is 9.71. The molecule has 0 radical (unpaired) electrons. The zero-order chi connectivity index (χ0) is 15.5. The van der Waals surface area contributed by atoms with Gasteiger partial charge in [-0.3, -0.25) is 0 Å². The van der Waals surface area contributed by atoms with Crippen molar-refractivity contribution in [3.8, 4) is 0 Å². The molecule has 0 saturated heterocycles. The number of aliphatic hydroxyl groups excluding tert-OH is 1. The van der Waals surface area contributed by atoms with Gasteiger partial charge in [0.2, 0.25) is 0 Å². The quantitative estimate of drug-likeness (QED) is 0.782. The first-order valence-corrected chi connectivity index (χ1v) is 8.05. The van der Waals surface area contributed by atoms with Crippen molar-refractivity contribution in [3.05, 3.63) is 34.9 Å². The fraction of sp³-hybridized carbons (Fsp3) is 0.647. The smallest absolute Gasteiger partial charge is 0.0928 e. The van der Waals surface area contributed by atoms with Crippen LogP contribution in [0.1, 0.15) is 51.2 Å². The van der Waals surface area contributed by atoms with Gasteiger partial charge in [-0.25, -0.2) is 0 Å². The Kier molecular flexibility index (Phi) is 5.31. The van der Waals surface area contributed by atoms with E-state index in [-0.39, 0.29) is 0 Å². The number of aliphatic hydroxyl groups is 2. The van der Waals surface area contributed by atoms with Crippen molar-refractivity contribution in [2.45, 2.75) is 51.2 Å². The number of halogens is 1. The molecule has 0 heterocycles. The van der Waals surface area contributed by atoms with Crippen LogP contribution < -0.4 is 5.32 Å². The van der Waals surface area contributed by atoms with E-state index in [2.05, 4.69) is 19.2 Å². The molecule has 3 N–H and O–H groups in total. The Balaban J connectivity index is 1.80. The lowest BCUT2D eigenvalue weighted by Crippen LogP contribution is -2.45. The molecule has 1 atom stereocenters. The molecule has 21 heavy (non-hydrogen) atoms. The van der Waals surface area contributed by atoms with Gasteiger partial charge in [0.25, 0.3) is 0 Å². The molecule has 1 aromatic carbocycles. The van der Waals surface area contributed by atoms with E-state index >= 15 is 0 Å². The van der Waals surface area contributed by atoms with E-state index in [1.807, 2.05) is 18.2 Å². The maximum Gasteiger partial charge on any atom is 0.0928 e. The highest BCUT2D eigenvalue weighted by Gasteiger charge is 2.36. The molecule has 0 aliphatic heterocycles. The highest BCUT2D eigenvalue weighted by Crippen LogP contribution is 2.39. The number of hydrogen-bond donors (Lipinski definition) is 3. The van der Waals surface area contributed by atoms with Crippen molar-refractivity contribution in [2.24, 2.45) is 5.41 Å². The molecule has 1 aliphatic carbocycles. The minimum atomic E-state index is -0.651.